The van der Waals surface area contributed by atoms with Crippen LogP contribution in [0, 0.1) is 12.3 Å². The van der Waals surface area contributed by atoms with Crippen molar-refractivity contribution in [3.05, 3.63) is 35.4 Å². The molecule has 1 aromatic carbocycles. The van der Waals surface area contributed by atoms with Gasteiger partial charge < -0.3 is 0 Å². The van der Waals surface area contributed by atoms with E-state index in [1.165, 1.54) is 5.56 Å². The van der Waals surface area contributed by atoms with E-state index in [0.717, 1.165) is 5.56 Å². The number of benzene rings is 1. The standard InChI is InChI=1S/C13H18O.C2H6/c1-10-5-7-11(8-6-10)12(14)9-13(2,3)4;1-2/h5-8H,9H2,1-4H3;1-2H3. The van der Waals surface area contributed by atoms with Gasteiger partial charge >= 0.3 is 0 Å². The monoisotopic (exact) mass is 220 g/mol. The molecule has 0 unspecified atom stereocenters. The average molecular weight is 220 g/mol. The number of aryl methyl sites for hydroxylation is 1. The van der Waals surface area contributed by atoms with E-state index in [9.17, 15) is 4.79 Å². The summed E-state index contributed by atoms with van der Waals surface area (Å²) in [5.41, 5.74) is 2.09. The Hall–Kier alpha value is -1.11. The summed E-state index contributed by atoms with van der Waals surface area (Å²) in [5.74, 6) is 0.234. The number of rotatable bonds is 2. The molecule has 0 heterocycles. The van der Waals surface area contributed by atoms with Gasteiger partial charge in [0.15, 0.2) is 5.78 Å². The topological polar surface area (TPSA) is 17.1 Å². The van der Waals surface area contributed by atoms with Crippen LogP contribution in [0.2, 0.25) is 0 Å². The third-order valence-corrected chi connectivity index (χ3v) is 2.06. The Bertz CT molecular complexity index is 314. The maximum Gasteiger partial charge on any atom is 0.163 e. The van der Waals surface area contributed by atoms with E-state index in [-0.39, 0.29) is 11.2 Å². The van der Waals surface area contributed by atoms with Crippen LogP contribution in [0.3, 0.4) is 0 Å². The molecule has 1 nitrogen and oxygen atoms in total. The smallest absolute Gasteiger partial charge is 0.163 e. The maximum absolute atomic E-state index is 11.8. The molecule has 0 fully saturated rings. The second-order valence-electron chi connectivity index (χ2n) is 5.03. The number of hydrogen-bond donors (Lipinski definition) is 0. The van der Waals surface area contributed by atoms with Crippen molar-refractivity contribution in [2.75, 3.05) is 0 Å². The Balaban J connectivity index is 0.00000106. The summed E-state index contributed by atoms with van der Waals surface area (Å²) in [7, 11) is 0. The van der Waals surface area contributed by atoms with Gasteiger partial charge in [0.1, 0.15) is 0 Å². The highest BCUT2D eigenvalue weighted by molar-refractivity contribution is 5.96. The van der Waals surface area contributed by atoms with Crippen LogP contribution in [-0.2, 0) is 0 Å². The van der Waals surface area contributed by atoms with Crippen molar-refractivity contribution >= 4 is 5.78 Å². The molecule has 0 atom stereocenters. The fourth-order valence-corrected chi connectivity index (χ4v) is 1.32. The molecule has 1 heteroatoms. The van der Waals surface area contributed by atoms with Crippen molar-refractivity contribution < 1.29 is 4.79 Å². The molecule has 0 aromatic heterocycles. The van der Waals surface area contributed by atoms with Crippen molar-refractivity contribution in [2.45, 2.75) is 48.0 Å². The van der Waals surface area contributed by atoms with E-state index in [1.54, 1.807) is 0 Å². The van der Waals surface area contributed by atoms with Gasteiger partial charge in [0.2, 0.25) is 0 Å². The highest BCUT2D eigenvalue weighted by Gasteiger charge is 2.16. The molecule has 1 rings (SSSR count). The minimum atomic E-state index is 0.0714. The molecule has 0 spiro atoms. The minimum Gasteiger partial charge on any atom is -0.294 e. The molecule has 0 N–H and O–H groups in total. The molecule has 0 bridgehead atoms. The summed E-state index contributed by atoms with van der Waals surface area (Å²) in [4.78, 5) is 11.8. The zero-order valence-corrected chi connectivity index (χ0v) is 11.4. The zero-order valence-electron chi connectivity index (χ0n) is 11.4. The molecule has 1 aromatic rings. The highest BCUT2D eigenvalue weighted by Crippen LogP contribution is 2.21. The number of carbonyl (C=O) groups excluding carboxylic acids is 1. The largest absolute Gasteiger partial charge is 0.294 e. The Labute approximate surface area is 99.9 Å². The lowest BCUT2D eigenvalue weighted by molar-refractivity contribution is 0.0940. The van der Waals surface area contributed by atoms with Crippen LogP contribution in [0.25, 0.3) is 0 Å². The lowest BCUT2D eigenvalue weighted by Crippen LogP contribution is -2.12. The van der Waals surface area contributed by atoms with E-state index in [4.69, 9.17) is 0 Å². The predicted molar refractivity (Wildman–Crippen MR) is 70.9 cm³/mol. The number of ketones is 1. The molecule has 0 amide bonds. The van der Waals surface area contributed by atoms with Crippen molar-refractivity contribution in [3.63, 3.8) is 0 Å². The molecule has 0 aliphatic rings. The first-order valence-electron chi connectivity index (χ1n) is 5.98. The van der Waals surface area contributed by atoms with Gasteiger partial charge in [-0.1, -0.05) is 64.4 Å². The van der Waals surface area contributed by atoms with E-state index < -0.39 is 0 Å². The number of carbonyl (C=O) groups is 1. The summed E-state index contributed by atoms with van der Waals surface area (Å²) < 4.78 is 0. The molecule has 0 aliphatic heterocycles. The fourth-order valence-electron chi connectivity index (χ4n) is 1.32. The summed E-state index contributed by atoms with van der Waals surface area (Å²) in [6.07, 6.45) is 0.607. The van der Waals surface area contributed by atoms with Crippen molar-refractivity contribution in [1.82, 2.24) is 0 Å². The Morgan fingerprint density at radius 3 is 1.88 bits per heavy atom. The summed E-state index contributed by atoms with van der Waals surface area (Å²) in [6, 6.07) is 7.78. The number of Topliss-reactive ketones (excluding diaryl/α,β-unsaturated/α-hetero) is 1. The zero-order chi connectivity index (χ0) is 12.8. The molecule has 0 saturated heterocycles. The van der Waals surface area contributed by atoms with Gasteiger partial charge in [-0.3, -0.25) is 4.79 Å². The van der Waals surface area contributed by atoms with Gasteiger partial charge in [0.05, 0.1) is 0 Å². The first-order valence-corrected chi connectivity index (χ1v) is 5.98. The molecular weight excluding hydrogens is 196 g/mol. The summed E-state index contributed by atoms with van der Waals surface area (Å²) >= 11 is 0. The van der Waals surface area contributed by atoms with Gasteiger partial charge in [-0.15, -0.1) is 0 Å². The van der Waals surface area contributed by atoms with Gasteiger partial charge in [-0.05, 0) is 12.3 Å². The maximum atomic E-state index is 11.8. The second kappa shape index (κ2) is 6.47. The van der Waals surface area contributed by atoms with Crippen LogP contribution in [0.5, 0.6) is 0 Å². The third kappa shape index (κ3) is 5.69. The molecule has 0 saturated carbocycles. The first kappa shape index (κ1) is 14.9. The van der Waals surface area contributed by atoms with Crippen LogP contribution in [0.15, 0.2) is 24.3 Å². The predicted octanol–water partition coefficient (Wildman–Crippen LogP) is 4.64. The lowest BCUT2D eigenvalue weighted by atomic mass is 9.88. The van der Waals surface area contributed by atoms with Crippen LogP contribution < -0.4 is 0 Å². The quantitative estimate of drug-likeness (QED) is 0.663. The second-order valence-corrected chi connectivity index (χ2v) is 5.03. The highest BCUT2D eigenvalue weighted by atomic mass is 16.1. The van der Waals surface area contributed by atoms with Gasteiger partial charge in [0.25, 0.3) is 0 Å². The van der Waals surface area contributed by atoms with Crippen LogP contribution in [0.4, 0.5) is 0 Å². The third-order valence-electron chi connectivity index (χ3n) is 2.06. The van der Waals surface area contributed by atoms with E-state index >= 15 is 0 Å². The Morgan fingerprint density at radius 2 is 1.50 bits per heavy atom. The molecule has 0 radical (unpaired) electrons. The van der Waals surface area contributed by atoms with E-state index in [1.807, 2.05) is 45.0 Å². The van der Waals surface area contributed by atoms with E-state index in [0.29, 0.717) is 6.42 Å². The van der Waals surface area contributed by atoms with Gasteiger partial charge in [-0.25, -0.2) is 0 Å². The molecule has 16 heavy (non-hydrogen) atoms. The van der Waals surface area contributed by atoms with Crippen LogP contribution in [-0.4, -0.2) is 5.78 Å². The van der Waals surface area contributed by atoms with Gasteiger partial charge in [0, 0.05) is 12.0 Å². The SMILES string of the molecule is CC.Cc1ccc(C(=O)CC(C)(C)C)cc1. The first-order chi connectivity index (χ1) is 7.38. The van der Waals surface area contributed by atoms with Crippen LogP contribution in [0.1, 0.15) is 57.0 Å². The summed E-state index contributed by atoms with van der Waals surface area (Å²) in [5, 5.41) is 0. The number of hydrogen-bond acceptors (Lipinski definition) is 1. The van der Waals surface area contributed by atoms with Crippen molar-refractivity contribution in [3.8, 4) is 0 Å². The lowest BCUT2D eigenvalue weighted by Gasteiger charge is -2.16. The van der Waals surface area contributed by atoms with Crippen LogP contribution >= 0.6 is 0 Å². The van der Waals surface area contributed by atoms with E-state index in [2.05, 4.69) is 20.8 Å². The Kier molecular flexibility index (Phi) is 6.02. The van der Waals surface area contributed by atoms with Crippen molar-refractivity contribution in [2.24, 2.45) is 5.41 Å². The summed E-state index contributed by atoms with van der Waals surface area (Å²) in [6.45, 7) is 12.3. The van der Waals surface area contributed by atoms with Crippen molar-refractivity contribution in [1.29, 1.82) is 0 Å². The fraction of sp³-hybridized carbons (Fsp3) is 0.533. The minimum absolute atomic E-state index is 0.0714. The molecule has 0 aliphatic carbocycles. The average Bonchev–Trinajstić information content (AvgIpc) is 2.19. The molecule has 90 valence electrons. The van der Waals surface area contributed by atoms with Gasteiger partial charge in [-0.2, -0.15) is 0 Å². The molecular formula is C15H24O. The normalized spacial score (nSPS) is 10.4. The Morgan fingerprint density at radius 1 is 1.06 bits per heavy atom.